The molecule has 1 aromatic carbocycles. The molecular formula is C10H11N3O4. The minimum absolute atomic E-state index is 0.0521. The van der Waals surface area contributed by atoms with Crippen LogP contribution in [0.4, 0.5) is 5.69 Å². The monoisotopic (exact) mass is 237 g/mol. The molecule has 7 heteroatoms. The third-order valence-electron chi connectivity index (χ3n) is 1.89. The molecule has 0 aliphatic carbocycles. The van der Waals surface area contributed by atoms with Crippen LogP contribution < -0.4 is 4.74 Å². The summed E-state index contributed by atoms with van der Waals surface area (Å²) in [7, 11) is 1.27. The standard InChI is InChI=1S/C10H11N3O4/c1-6(11)17-10(12)7-4-3-5-8(13(14)15)9(7)16-2/h3-5,11-12H,1-2H3. The number of para-hydroxylation sites is 1. The molecule has 0 bridgehead atoms. The molecule has 2 N–H and O–H groups in total. The Morgan fingerprint density at radius 3 is 2.53 bits per heavy atom. The van der Waals surface area contributed by atoms with Gasteiger partial charge in [0.05, 0.1) is 17.6 Å². The molecule has 0 heterocycles. The second kappa shape index (κ2) is 5.06. The molecule has 17 heavy (non-hydrogen) atoms. The minimum Gasteiger partial charge on any atom is -0.490 e. The molecule has 0 fully saturated rings. The molecule has 0 unspecified atom stereocenters. The van der Waals surface area contributed by atoms with Crippen molar-refractivity contribution in [2.45, 2.75) is 6.92 Å². The van der Waals surface area contributed by atoms with E-state index in [4.69, 9.17) is 20.3 Å². The van der Waals surface area contributed by atoms with Crippen molar-refractivity contribution in [3.05, 3.63) is 33.9 Å². The van der Waals surface area contributed by atoms with E-state index >= 15 is 0 Å². The van der Waals surface area contributed by atoms with E-state index in [1.54, 1.807) is 0 Å². The zero-order chi connectivity index (χ0) is 13.0. The maximum Gasteiger partial charge on any atom is 0.311 e. The lowest BCUT2D eigenvalue weighted by molar-refractivity contribution is -0.385. The van der Waals surface area contributed by atoms with E-state index in [2.05, 4.69) is 0 Å². The lowest BCUT2D eigenvalue weighted by atomic mass is 10.1. The molecule has 0 atom stereocenters. The first-order chi connectivity index (χ1) is 7.97. The van der Waals surface area contributed by atoms with Gasteiger partial charge in [0.15, 0.2) is 5.90 Å². The van der Waals surface area contributed by atoms with Gasteiger partial charge < -0.3 is 9.47 Å². The first kappa shape index (κ1) is 12.6. The summed E-state index contributed by atoms with van der Waals surface area (Å²) in [4.78, 5) is 10.1. The Morgan fingerprint density at radius 2 is 2.06 bits per heavy atom. The molecule has 90 valence electrons. The predicted octanol–water partition coefficient (Wildman–Crippen LogP) is 1.94. The molecular weight excluding hydrogens is 226 g/mol. The Balaban J connectivity index is 3.24. The Kier molecular flexibility index (Phi) is 3.76. The summed E-state index contributed by atoms with van der Waals surface area (Å²) in [6.45, 7) is 1.36. The molecule has 1 aromatic rings. The summed E-state index contributed by atoms with van der Waals surface area (Å²) in [5.41, 5.74) is -0.116. The van der Waals surface area contributed by atoms with Crippen LogP contribution in [0.5, 0.6) is 5.75 Å². The number of nitrogens with one attached hydrogen (secondary N) is 2. The van der Waals surface area contributed by atoms with Gasteiger partial charge in [0, 0.05) is 13.0 Å². The van der Waals surface area contributed by atoms with Crippen LogP contribution in [0.3, 0.4) is 0 Å². The topological polar surface area (TPSA) is 109 Å². The highest BCUT2D eigenvalue weighted by Gasteiger charge is 2.21. The second-order valence-corrected chi connectivity index (χ2v) is 3.10. The van der Waals surface area contributed by atoms with Gasteiger partial charge in [0.2, 0.25) is 11.6 Å². The minimum atomic E-state index is -0.604. The summed E-state index contributed by atoms with van der Waals surface area (Å²) in [6, 6.07) is 4.15. The summed E-state index contributed by atoms with van der Waals surface area (Å²) in [5.74, 6) is -0.592. The van der Waals surface area contributed by atoms with Gasteiger partial charge in [-0.1, -0.05) is 6.07 Å². The van der Waals surface area contributed by atoms with Crippen LogP contribution in [0.1, 0.15) is 12.5 Å². The van der Waals surface area contributed by atoms with Gasteiger partial charge >= 0.3 is 5.69 Å². The normalized spacial score (nSPS) is 9.53. The van der Waals surface area contributed by atoms with E-state index in [1.165, 1.54) is 32.2 Å². The maximum atomic E-state index is 10.7. The molecule has 7 nitrogen and oxygen atoms in total. The number of hydrogen-bond donors (Lipinski definition) is 2. The van der Waals surface area contributed by atoms with Crippen molar-refractivity contribution in [3.8, 4) is 5.75 Å². The van der Waals surface area contributed by atoms with Crippen molar-refractivity contribution in [2.75, 3.05) is 7.11 Å². The number of hydrogen-bond acceptors (Lipinski definition) is 6. The van der Waals surface area contributed by atoms with Crippen LogP contribution in [-0.4, -0.2) is 23.8 Å². The molecule has 0 saturated carbocycles. The number of nitro groups is 1. The van der Waals surface area contributed by atoms with E-state index in [1.807, 2.05) is 0 Å². The smallest absolute Gasteiger partial charge is 0.311 e. The Labute approximate surface area is 97.1 Å². The highest BCUT2D eigenvalue weighted by Crippen LogP contribution is 2.30. The summed E-state index contributed by atoms with van der Waals surface area (Å²) < 4.78 is 9.69. The number of methoxy groups -OCH3 is 1. The SMILES string of the molecule is COc1c(C(=N)OC(C)=N)cccc1[N+](=O)[O-]. The van der Waals surface area contributed by atoms with Gasteiger partial charge in [-0.25, -0.2) is 0 Å². The Bertz CT molecular complexity index is 484. The average Bonchev–Trinajstić information content (AvgIpc) is 2.26. The summed E-state index contributed by atoms with van der Waals surface area (Å²) >= 11 is 0. The van der Waals surface area contributed by atoms with Crippen molar-refractivity contribution in [1.29, 1.82) is 10.8 Å². The van der Waals surface area contributed by atoms with E-state index < -0.39 is 4.92 Å². The lowest BCUT2D eigenvalue weighted by Crippen LogP contribution is -2.11. The van der Waals surface area contributed by atoms with Crippen LogP contribution in [0.2, 0.25) is 0 Å². The Morgan fingerprint density at radius 1 is 1.41 bits per heavy atom. The number of ether oxygens (including phenoxy) is 2. The first-order valence-electron chi connectivity index (χ1n) is 4.60. The van der Waals surface area contributed by atoms with Crippen molar-refractivity contribution >= 4 is 17.5 Å². The lowest BCUT2D eigenvalue weighted by Gasteiger charge is -2.09. The zero-order valence-corrected chi connectivity index (χ0v) is 9.31. The van der Waals surface area contributed by atoms with Crippen LogP contribution in [0.15, 0.2) is 18.2 Å². The fraction of sp³-hybridized carbons (Fsp3) is 0.200. The highest BCUT2D eigenvalue weighted by atomic mass is 16.6. The van der Waals surface area contributed by atoms with Crippen molar-refractivity contribution in [2.24, 2.45) is 0 Å². The molecule has 0 radical (unpaired) electrons. The van der Waals surface area contributed by atoms with Gasteiger partial charge in [-0.05, 0) is 6.07 Å². The number of nitro benzene ring substituents is 1. The maximum absolute atomic E-state index is 10.7. The van der Waals surface area contributed by atoms with Gasteiger partial charge in [0.25, 0.3) is 0 Å². The van der Waals surface area contributed by atoms with Gasteiger partial charge in [-0.2, -0.15) is 0 Å². The largest absolute Gasteiger partial charge is 0.490 e. The number of nitrogens with zero attached hydrogens (tertiary/aromatic N) is 1. The van der Waals surface area contributed by atoms with E-state index in [9.17, 15) is 10.1 Å². The van der Waals surface area contributed by atoms with Gasteiger partial charge in [-0.15, -0.1) is 0 Å². The zero-order valence-electron chi connectivity index (χ0n) is 9.31. The molecule has 0 saturated heterocycles. The van der Waals surface area contributed by atoms with Crippen LogP contribution in [0.25, 0.3) is 0 Å². The van der Waals surface area contributed by atoms with Crippen LogP contribution >= 0.6 is 0 Å². The molecule has 0 amide bonds. The van der Waals surface area contributed by atoms with E-state index in [0.29, 0.717) is 0 Å². The fourth-order valence-corrected chi connectivity index (χ4v) is 1.27. The number of benzene rings is 1. The summed E-state index contributed by atoms with van der Waals surface area (Å²) in [5, 5.41) is 25.4. The Hall–Kier alpha value is -2.44. The first-order valence-corrected chi connectivity index (χ1v) is 4.60. The predicted molar refractivity (Wildman–Crippen MR) is 61.0 cm³/mol. The van der Waals surface area contributed by atoms with Crippen molar-refractivity contribution in [1.82, 2.24) is 0 Å². The van der Waals surface area contributed by atoms with Gasteiger partial charge in [0.1, 0.15) is 0 Å². The van der Waals surface area contributed by atoms with E-state index in [0.717, 1.165) is 0 Å². The molecule has 0 spiro atoms. The van der Waals surface area contributed by atoms with Crippen LogP contribution in [-0.2, 0) is 4.74 Å². The summed E-state index contributed by atoms with van der Waals surface area (Å²) in [6.07, 6.45) is 0. The average molecular weight is 237 g/mol. The number of rotatable bonds is 3. The van der Waals surface area contributed by atoms with E-state index in [-0.39, 0.29) is 28.8 Å². The van der Waals surface area contributed by atoms with Gasteiger partial charge in [-0.3, -0.25) is 20.9 Å². The second-order valence-electron chi connectivity index (χ2n) is 3.10. The molecule has 0 aliphatic rings. The third-order valence-corrected chi connectivity index (χ3v) is 1.89. The molecule has 1 rings (SSSR count). The third kappa shape index (κ3) is 2.77. The molecule has 0 aromatic heterocycles. The quantitative estimate of drug-likeness (QED) is 0.362. The van der Waals surface area contributed by atoms with Crippen molar-refractivity contribution in [3.63, 3.8) is 0 Å². The van der Waals surface area contributed by atoms with Crippen molar-refractivity contribution < 1.29 is 14.4 Å². The molecule has 0 aliphatic heterocycles. The highest BCUT2D eigenvalue weighted by molar-refractivity contribution is 6.01. The van der Waals surface area contributed by atoms with Crippen LogP contribution in [0, 0.1) is 20.9 Å². The fourth-order valence-electron chi connectivity index (χ4n) is 1.27.